The van der Waals surface area contributed by atoms with Crippen molar-refractivity contribution in [1.29, 1.82) is 0 Å². The number of nitrogens with zero attached hydrogens (tertiary/aromatic N) is 1. The second kappa shape index (κ2) is 5.38. The number of sulfone groups is 1. The highest BCUT2D eigenvalue weighted by molar-refractivity contribution is 7.90. The molecule has 0 aliphatic heterocycles. The molecule has 0 unspecified atom stereocenters. The Labute approximate surface area is 127 Å². The molecule has 0 saturated heterocycles. The van der Waals surface area contributed by atoms with Crippen molar-refractivity contribution in [2.75, 3.05) is 6.26 Å². The van der Waals surface area contributed by atoms with Crippen molar-refractivity contribution in [1.82, 2.24) is 10.2 Å². The summed E-state index contributed by atoms with van der Waals surface area (Å²) < 4.78 is 36.0. The van der Waals surface area contributed by atoms with E-state index in [-0.39, 0.29) is 10.7 Å². The molecule has 0 saturated carbocycles. The molecule has 1 heterocycles. The van der Waals surface area contributed by atoms with Gasteiger partial charge in [-0.05, 0) is 42.0 Å². The molecule has 1 aromatic heterocycles. The van der Waals surface area contributed by atoms with Crippen LogP contribution < -0.4 is 0 Å². The molecule has 0 fully saturated rings. The third-order valence-electron chi connectivity index (χ3n) is 3.37. The van der Waals surface area contributed by atoms with E-state index in [0.29, 0.717) is 0 Å². The van der Waals surface area contributed by atoms with Crippen molar-refractivity contribution in [3.63, 3.8) is 0 Å². The topological polar surface area (TPSA) is 62.8 Å². The summed E-state index contributed by atoms with van der Waals surface area (Å²) in [4.78, 5) is 0.267. The average Bonchev–Trinajstić information content (AvgIpc) is 2.97. The molecular weight excluding hydrogens is 303 g/mol. The lowest BCUT2D eigenvalue weighted by atomic mass is 10.0. The summed E-state index contributed by atoms with van der Waals surface area (Å²) in [6, 6.07) is 12.7. The van der Waals surface area contributed by atoms with Gasteiger partial charge in [0.1, 0.15) is 5.82 Å². The molecule has 3 rings (SSSR count). The monoisotopic (exact) mass is 316 g/mol. The molecule has 0 bridgehead atoms. The minimum absolute atomic E-state index is 0.267. The number of H-pyrrole nitrogens is 1. The number of nitrogens with one attached hydrogen (secondary N) is 1. The lowest BCUT2D eigenvalue weighted by Gasteiger charge is -2.05. The summed E-state index contributed by atoms with van der Waals surface area (Å²) >= 11 is 0. The maximum absolute atomic E-state index is 13.0. The molecule has 0 radical (unpaired) electrons. The lowest BCUT2D eigenvalue weighted by molar-refractivity contribution is 0.602. The van der Waals surface area contributed by atoms with Crippen LogP contribution in [-0.4, -0.2) is 24.9 Å². The molecule has 4 nitrogen and oxygen atoms in total. The largest absolute Gasteiger partial charge is 0.277 e. The van der Waals surface area contributed by atoms with E-state index in [1.54, 1.807) is 42.6 Å². The van der Waals surface area contributed by atoms with Crippen LogP contribution in [-0.2, 0) is 9.84 Å². The van der Waals surface area contributed by atoms with Crippen molar-refractivity contribution in [2.45, 2.75) is 4.90 Å². The molecule has 1 N–H and O–H groups in total. The standard InChI is InChI=1S/C16H13FN2O2S/c1-22(20,21)14-8-4-11(5-9-14)15-10-18-19-16(15)12-2-6-13(17)7-3-12/h2-10H,1H3,(H,18,19). The molecule has 3 aromatic rings. The van der Waals surface area contributed by atoms with E-state index < -0.39 is 9.84 Å². The average molecular weight is 316 g/mol. The first kappa shape index (κ1) is 14.5. The van der Waals surface area contributed by atoms with Gasteiger partial charge in [0.05, 0.1) is 16.8 Å². The molecule has 2 aromatic carbocycles. The van der Waals surface area contributed by atoms with Crippen LogP contribution in [0.25, 0.3) is 22.4 Å². The molecule has 0 aliphatic carbocycles. The van der Waals surface area contributed by atoms with Crippen molar-refractivity contribution in [3.05, 3.63) is 60.5 Å². The molecule has 0 atom stereocenters. The molecule has 6 heteroatoms. The first-order chi connectivity index (χ1) is 10.4. The summed E-state index contributed by atoms with van der Waals surface area (Å²) in [5.74, 6) is -0.303. The highest BCUT2D eigenvalue weighted by Crippen LogP contribution is 2.30. The Balaban J connectivity index is 2.03. The minimum atomic E-state index is -3.22. The maximum Gasteiger partial charge on any atom is 0.175 e. The Morgan fingerprint density at radius 3 is 2.14 bits per heavy atom. The van der Waals surface area contributed by atoms with E-state index >= 15 is 0 Å². The van der Waals surface area contributed by atoms with Crippen LogP contribution in [0.15, 0.2) is 59.6 Å². The van der Waals surface area contributed by atoms with Crippen LogP contribution in [0.3, 0.4) is 0 Å². The molecule has 112 valence electrons. The Morgan fingerprint density at radius 1 is 0.955 bits per heavy atom. The van der Waals surface area contributed by atoms with Crippen molar-refractivity contribution >= 4 is 9.84 Å². The van der Waals surface area contributed by atoms with Gasteiger partial charge in [0, 0.05) is 17.4 Å². The molecule has 0 aliphatic rings. The van der Waals surface area contributed by atoms with Gasteiger partial charge < -0.3 is 0 Å². The lowest BCUT2D eigenvalue weighted by Crippen LogP contribution is -1.96. The van der Waals surface area contributed by atoms with Gasteiger partial charge in [-0.3, -0.25) is 5.10 Å². The number of hydrogen-bond acceptors (Lipinski definition) is 3. The van der Waals surface area contributed by atoms with E-state index in [2.05, 4.69) is 10.2 Å². The molecule has 0 amide bonds. The van der Waals surface area contributed by atoms with Gasteiger partial charge in [-0.15, -0.1) is 0 Å². The van der Waals surface area contributed by atoms with E-state index in [0.717, 1.165) is 22.4 Å². The Kier molecular flexibility index (Phi) is 3.54. The van der Waals surface area contributed by atoms with E-state index in [1.807, 2.05) is 0 Å². The number of benzene rings is 2. The molecule has 0 spiro atoms. The predicted molar refractivity (Wildman–Crippen MR) is 82.5 cm³/mol. The van der Waals surface area contributed by atoms with Crippen LogP contribution in [0.1, 0.15) is 0 Å². The minimum Gasteiger partial charge on any atom is -0.277 e. The zero-order chi connectivity index (χ0) is 15.7. The van der Waals surface area contributed by atoms with Gasteiger partial charge in [-0.2, -0.15) is 5.10 Å². The summed E-state index contributed by atoms with van der Waals surface area (Å²) in [6.45, 7) is 0. The number of aromatic amines is 1. The normalized spacial score (nSPS) is 11.5. The zero-order valence-electron chi connectivity index (χ0n) is 11.7. The van der Waals surface area contributed by atoms with Gasteiger partial charge in [0.15, 0.2) is 9.84 Å². The highest BCUT2D eigenvalue weighted by atomic mass is 32.2. The van der Waals surface area contributed by atoms with Crippen molar-refractivity contribution < 1.29 is 12.8 Å². The second-order valence-corrected chi connectivity index (χ2v) is 6.98. The number of hydrogen-bond donors (Lipinski definition) is 1. The van der Waals surface area contributed by atoms with E-state index in [9.17, 15) is 12.8 Å². The first-order valence-electron chi connectivity index (χ1n) is 6.55. The van der Waals surface area contributed by atoms with Crippen LogP contribution in [0, 0.1) is 5.82 Å². The number of aromatic nitrogens is 2. The molecule has 22 heavy (non-hydrogen) atoms. The zero-order valence-corrected chi connectivity index (χ0v) is 12.6. The van der Waals surface area contributed by atoms with E-state index in [4.69, 9.17) is 0 Å². The van der Waals surface area contributed by atoms with Crippen LogP contribution in [0.2, 0.25) is 0 Å². The van der Waals surface area contributed by atoms with E-state index in [1.165, 1.54) is 18.4 Å². The SMILES string of the molecule is CS(=O)(=O)c1ccc(-c2cn[nH]c2-c2ccc(F)cc2)cc1. The molecular formula is C16H13FN2O2S. The summed E-state index contributed by atoms with van der Waals surface area (Å²) in [5.41, 5.74) is 3.22. The highest BCUT2D eigenvalue weighted by Gasteiger charge is 2.12. The predicted octanol–water partition coefficient (Wildman–Crippen LogP) is 3.29. The van der Waals surface area contributed by atoms with Gasteiger partial charge in [-0.1, -0.05) is 12.1 Å². The number of halogens is 1. The summed E-state index contributed by atoms with van der Waals surface area (Å²) in [6.07, 6.45) is 2.83. The van der Waals surface area contributed by atoms with Crippen LogP contribution in [0.4, 0.5) is 4.39 Å². The Bertz CT molecular complexity index is 898. The van der Waals surface area contributed by atoms with Crippen molar-refractivity contribution in [2.24, 2.45) is 0 Å². The third kappa shape index (κ3) is 2.78. The third-order valence-corrected chi connectivity index (χ3v) is 4.49. The fraction of sp³-hybridized carbons (Fsp3) is 0.0625. The Morgan fingerprint density at radius 2 is 1.55 bits per heavy atom. The van der Waals surface area contributed by atoms with Gasteiger partial charge in [0.2, 0.25) is 0 Å². The fourth-order valence-electron chi connectivity index (χ4n) is 2.22. The fourth-order valence-corrected chi connectivity index (χ4v) is 2.85. The number of rotatable bonds is 3. The Hall–Kier alpha value is -2.47. The van der Waals surface area contributed by atoms with Crippen LogP contribution in [0.5, 0.6) is 0 Å². The van der Waals surface area contributed by atoms with Crippen molar-refractivity contribution in [3.8, 4) is 22.4 Å². The quantitative estimate of drug-likeness (QED) is 0.806. The van der Waals surface area contributed by atoms with Gasteiger partial charge in [0.25, 0.3) is 0 Å². The van der Waals surface area contributed by atoms with Crippen LogP contribution >= 0.6 is 0 Å². The first-order valence-corrected chi connectivity index (χ1v) is 8.44. The summed E-state index contributed by atoms with van der Waals surface area (Å²) in [7, 11) is -3.22. The summed E-state index contributed by atoms with van der Waals surface area (Å²) in [5, 5.41) is 6.93. The maximum atomic E-state index is 13.0. The van der Waals surface area contributed by atoms with Gasteiger partial charge >= 0.3 is 0 Å². The van der Waals surface area contributed by atoms with Gasteiger partial charge in [-0.25, -0.2) is 12.8 Å². The second-order valence-electron chi connectivity index (χ2n) is 4.96. The smallest absolute Gasteiger partial charge is 0.175 e.